The lowest BCUT2D eigenvalue weighted by Gasteiger charge is -2.10. The molecule has 0 atom stereocenters. The number of ketones is 1. The molecule has 6 heteroatoms. The van der Waals surface area contributed by atoms with Gasteiger partial charge < -0.3 is 10.5 Å². The molecule has 0 radical (unpaired) electrons. The summed E-state index contributed by atoms with van der Waals surface area (Å²) >= 11 is 3.01. The molecule has 20 heavy (non-hydrogen) atoms. The quantitative estimate of drug-likeness (QED) is 0.686. The van der Waals surface area contributed by atoms with Crippen LogP contribution < -0.4 is 10.5 Å². The van der Waals surface area contributed by atoms with Gasteiger partial charge in [-0.15, -0.1) is 0 Å². The van der Waals surface area contributed by atoms with E-state index in [1.807, 2.05) is 0 Å². The Morgan fingerprint density at radius 1 is 1.20 bits per heavy atom. The average molecular weight is 342 g/mol. The highest BCUT2D eigenvalue weighted by atomic mass is 79.9. The van der Waals surface area contributed by atoms with E-state index in [2.05, 4.69) is 15.9 Å². The van der Waals surface area contributed by atoms with Gasteiger partial charge in [0.15, 0.2) is 5.78 Å². The summed E-state index contributed by atoms with van der Waals surface area (Å²) in [6, 6.07) is 5.87. The Labute approximate surface area is 122 Å². The van der Waals surface area contributed by atoms with Gasteiger partial charge in [-0.25, -0.2) is 8.78 Å². The zero-order valence-corrected chi connectivity index (χ0v) is 12.0. The number of hydrogen-bond donors (Lipinski definition) is 1. The maximum atomic E-state index is 13.4. The van der Waals surface area contributed by atoms with E-state index in [4.69, 9.17) is 10.5 Å². The highest BCUT2D eigenvalue weighted by Crippen LogP contribution is 2.29. The lowest BCUT2D eigenvalue weighted by molar-refractivity contribution is 0.103. The predicted molar refractivity (Wildman–Crippen MR) is 74.9 cm³/mol. The van der Waals surface area contributed by atoms with E-state index in [1.165, 1.54) is 19.2 Å². The molecule has 2 N–H and O–H groups in total. The van der Waals surface area contributed by atoms with Crippen LogP contribution in [0, 0.1) is 11.6 Å². The number of anilines is 1. The Morgan fingerprint density at radius 3 is 2.50 bits per heavy atom. The Morgan fingerprint density at radius 2 is 1.90 bits per heavy atom. The number of halogens is 3. The fourth-order valence-corrected chi connectivity index (χ4v) is 2.10. The number of rotatable bonds is 3. The Balaban J connectivity index is 2.55. The van der Waals surface area contributed by atoms with Gasteiger partial charge in [-0.2, -0.15) is 0 Å². The van der Waals surface area contributed by atoms with Crippen LogP contribution in [-0.2, 0) is 0 Å². The summed E-state index contributed by atoms with van der Waals surface area (Å²) in [5.74, 6) is -1.48. The first-order valence-electron chi connectivity index (χ1n) is 5.56. The molecular formula is C14H10BrF2NO2. The molecule has 0 bridgehead atoms. The van der Waals surface area contributed by atoms with Crippen molar-refractivity contribution in [2.75, 3.05) is 12.8 Å². The summed E-state index contributed by atoms with van der Waals surface area (Å²) in [7, 11) is 1.33. The highest BCUT2D eigenvalue weighted by molar-refractivity contribution is 9.10. The van der Waals surface area contributed by atoms with Gasteiger partial charge in [-0.05, 0) is 40.2 Å². The van der Waals surface area contributed by atoms with Crippen molar-refractivity contribution < 1.29 is 18.3 Å². The molecule has 2 aromatic rings. The van der Waals surface area contributed by atoms with Gasteiger partial charge in [-0.1, -0.05) is 0 Å². The standard InChI is InChI=1S/C14H10BrF2NO2/c1-20-13-6-11(17)10(15)5-9(13)14(19)8-3-2-7(16)4-12(8)18/h2-6H,18H2,1H3. The SMILES string of the molecule is COc1cc(F)c(Br)cc1C(=O)c1ccc(F)cc1N. The summed E-state index contributed by atoms with van der Waals surface area (Å²) in [5, 5.41) is 0. The number of benzene rings is 2. The molecule has 104 valence electrons. The Bertz CT molecular complexity index is 689. The van der Waals surface area contributed by atoms with Gasteiger partial charge in [0, 0.05) is 17.3 Å². The minimum absolute atomic E-state index is 0.0116. The van der Waals surface area contributed by atoms with E-state index >= 15 is 0 Å². The second-order valence-corrected chi connectivity index (χ2v) is 4.88. The monoisotopic (exact) mass is 341 g/mol. The highest BCUT2D eigenvalue weighted by Gasteiger charge is 2.19. The summed E-state index contributed by atoms with van der Waals surface area (Å²) in [6.45, 7) is 0. The first-order valence-corrected chi connectivity index (χ1v) is 6.36. The fraction of sp³-hybridized carbons (Fsp3) is 0.0714. The first-order chi connectivity index (χ1) is 9.43. The zero-order chi connectivity index (χ0) is 14.9. The fourth-order valence-electron chi connectivity index (χ4n) is 1.76. The number of nitrogen functional groups attached to an aromatic ring is 1. The molecule has 0 unspecified atom stereocenters. The van der Waals surface area contributed by atoms with E-state index < -0.39 is 17.4 Å². The molecule has 0 heterocycles. The van der Waals surface area contributed by atoms with Crippen LogP contribution in [0.1, 0.15) is 15.9 Å². The third-order valence-electron chi connectivity index (χ3n) is 2.75. The lowest BCUT2D eigenvalue weighted by atomic mass is 10.0. The third-order valence-corrected chi connectivity index (χ3v) is 3.35. The van der Waals surface area contributed by atoms with E-state index in [9.17, 15) is 13.6 Å². The molecule has 0 amide bonds. The molecule has 0 aliphatic rings. The molecule has 0 aromatic heterocycles. The number of carbonyl (C=O) groups is 1. The van der Waals surface area contributed by atoms with Crippen molar-refractivity contribution in [2.24, 2.45) is 0 Å². The lowest BCUT2D eigenvalue weighted by Crippen LogP contribution is -2.08. The van der Waals surface area contributed by atoms with Crippen LogP contribution in [0.3, 0.4) is 0 Å². The van der Waals surface area contributed by atoms with E-state index in [0.717, 1.165) is 18.2 Å². The molecule has 0 aliphatic carbocycles. The van der Waals surface area contributed by atoms with E-state index in [0.29, 0.717) is 0 Å². The third kappa shape index (κ3) is 2.65. The molecule has 0 aliphatic heterocycles. The van der Waals surface area contributed by atoms with Gasteiger partial charge >= 0.3 is 0 Å². The van der Waals surface area contributed by atoms with Gasteiger partial charge in [0.2, 0.25) is 0 Å². The Hall–Kier alpha value is -1.95. The summed E-state index contributed by atoms with van der Waals surface area (Å²) in [6.07, 6.45) is 0. The van der Waals surface area contributed by atoms with Crippen molar-refractivity contribution in [3.63, 3.8) is 0 Å². The largest absolute Gasteiger partial charge is 0.496 e. The van der Waals surface area contributed by atoms with Crippen LogP contribution in [-0.4, -0.2) is 12.9 Å². The first kappa shape index (κ1) is 14.5. The maximum Gasteiger partial charge on any atom is 0.198 e. The van der Waals surface area contributed by atoms with Crippen molar-refractivity contribution in [2.45, 2.75) is 0 Å². The number of ether oxygens (including phenoxy) is 1. The molecule has 2 aromatic carbocycles. The second kappa shape index (κ2) is 5.58. The minimum atomic E-state index is -0.550. The normalized spacial score (nSPS) is 10.4. The van der Waals surface area contributed by atoms with Crippen molar-refractivity contribution in [1.29, 1.82) is 0 Å². The molecule has 0 saturated heterocycles. The van der Waals surface area contributed by atoms with Gasteiger partial charge in [0.1, 0.15) is 17.4 Å². The maximum absolute atomic E-state index is 13.4. The molecule has 2 rings (SSSR count). The average Bonchev–Trinajstić information content (AvgIpc) is 2.40. The molecular weight excluding hydrogens is 332 g/mol. The minimum Gasteiger partial charge on any atom is -0.496 e. The molecule has 3 nitrogen and oxygen atoms in total. The van der Waals surface area contributed by atoms with E-state index in [1.54, 1.807) is 0 Å². The number of carbonyl (C=O) groups excluding carboxylic acids is 1. The number of nitrogens with two attached hydrogens (primary N) is 1. The summed E-state index contributed by atoms with van der Waals surface area (Å²) < 4.78 is 31.6. The molecule has 0 saturated carbocycles. The van der Waals surface area contributed by atoms with Crippen molar-refractivity contribution in [1.82, 2.24) is 0 Å². The van der Waals surface area contributed by atoms with Crippen LogP contribution in [0.4, 0.5) is 14.5 Å². The smallest absolute Gasteiger partial charge is 0.198 e. The van der Waals surface area contributed by atoms with Crippen LogP contribution in [0.15, 0.2) is 34.8 Å². The molecule has 0 fully saturated rings. The van der Waals surface area contributed by atoms with Crippen LogP contribution in [0.25, 0.3) is 0 Å². The topological polar surface area (TPSA) is 52.3 Å². The second-order valence-electron chi connectivity index (χ2n) is 4.03. The van der Waals surface area contributed by atoms with Crippen LogP contribution in [0.2, 0.25) is 0 Å². The number of hydrogen-bond acceptors (Lipinski definition) is 3. The van der Waals surface area contributed by atoms with Gasteiger partial charge in [0.25, 0.3) is 0 Å². The van der Waals surface area contributed by atoms with Gasteiger partial charge in [-0.3, -0.25) is 4.79 Å². The molecule has 0 spiro atoms. The van der Waals surface area contributed by atoms with Crippen LogP contribution in [0.5, 0.6) is 5.75 Å². The van der Waals surface area contributed by atoms with Crippen molar-refractivity contribution in [3.05, 3.63) is 57.6 Å². The van der Waals surface area contributed by atoms with Crippen molar-refractivity contribution in [3.8, 4) is 5.75 Å². The van der Waals surface area contributed by atoms with Gasteiger partial charge in [0.05, 0.1) is 17.1 Å². The number of methoxy groups -OCH3 is 1. The van der Waals surface area contributed by atoms with Crippen molar-refractivity contribution >= 4 is 27.4 Å². The zero-order valence-electron chi connectivity index (χ0n) is 10.4. The summed E-state index contributed by atoms with van der Waals surface area (Å²) in [5.41, 5.74) is 5.91. The van der Waals surface area contributed by atoms with Crippen LogP contribution >= 0.6 is 15.9 Å². The van der Waals surface area contributed by atoms with E-state index in [-0.39, 0.29) is 27.0 Å². The predicted octanol–water partition coefficient (Wildman–Crippen LogP) is 3.55. The summed E-state index contributed by atoms with van der Waals surface area (Å²) in [4.78, 5) is 12.4. The Kier molecular flexibility index (Phi) is 4.04.